The van der Waals surface area contributed by atoms with E-state index in [1.807, 2.05) is 12.1 Å². The highest BCUT2D eigenvalue weighted by Crippen LogP contribution is 2.23. The van der Waals surface area contributed by atoms with Crippen LogP contribution in [-0.4, -0.2) is 44.5 Å². The van der Waals surface area contributed by atoms with E-state index in [2.05, 4.69) is 9.88 Å². The second-order valence-corrected chi connectivity index (χ2v) is 5.34. The monoisotopic (exact) mass is 335 g/mol. The Balaban J connectivity index is 0.00000225. The number of anilines is 2. The number of morpholine rings is 1. The van der Waals surface area contributed by atoms with Crippen LogP contribution in [0.15, 0.2) is 36.4 Å². The number of halogens is 1. The molecule has 0 amide bonds. The number of nitrogens with two attached hydrogens (primary N) is 1. The number of hydrogen-bond acceptors (Lipinski definition) is 6. The van der Waals surface area contributed by atoms with Crippen molar-refractivity contribution in [2.45, 2.75) is 0 Å². The number of nitrogen functional groups attached to an aromatic ring is 1. The average Bonchev–Trinajstić information content (AvgIpc) is 2.61. The Morgan fingerprint density at radius 3 is 2.58 bits per heavy atom. The van der Waals surface area contributed by atoms with Crippen molar-refractivity contribution in [2.24, 2.45) is 0 Å². The molecule has 7 heteroatoms. The SMILES string of the molecule is Nc1cc(N2CCOCC2)cc(OCCOc2ccc(F)cc2)n1.[HH]. The minimum Gasteiger partial charge on any atom is -0.490 e. The molecular formula is C17H22FN3O3. The van der Waals surface area contributed by atoms with Gasteiger partial charge >= 0.3 is 0 Å². The van der Waals surface area contributed by atoms with Crippen molar-refractivity contribution < 1.29 is 20.0 Å². The summed E-state index contributed by atoms with van der Waals surface area (Å²) in [5.74, 6) is 1.17. The Kier molecular flexibility index (Phi) is 5.32. The molecule has 1 fully saturated rings. The zero-order valence-electron chi connectivity index (χ0n) is 13.3. The summed E-state index contributed by atoms with van der Waals surface area (Å²) in [4.78, 5) is 6.36. The molecule has 1 aromatic carbocycles. The van der Waals surface area contributed by atoms with Gasteiger partial charge in [0.25, 0.3) is 0 Å². The van der Waals surface area contributed by atoms with Gasteiger partial charge in [0.15, 0.2) is 0 Å². The Morgan fingerprint density at radius 2 is 1.83 bits per heavy atom. The first kappa shape index (κ1) is 16.3. The van der Waals surface area contributed by atoms with Crippen LogP contribution in [0.5, 0.6) is 11.6 Å². The highest BCUT2D eigenvalue weighted by molar-refractivity contribution is 5.55. The molecule has 1 aromatic heterocycles. The molecule has 3 rings (SSSR count). The first-order chi connectivity index (χ1) is 11.7. The summed E-state index contributed by atoms with van der Waals surface area (Å²) in [7, 11) is 0. The van der Waals surface area contributed by atoms with Gasteiger partial charge in [-0.1, -0.05) is 0 Å². The van der Waals surface area contributed by atoms with Crippen LogP contribution in [0.2, 0.25) is 0 Å². The van der Waals surface area contributed by atoms with E-state index in [9.17, 15) is 4.39 Å². The molecular weight excluding hydrogens is 313 g/mol. The normalized spacial score (nSPS) is 14.5. The van der Waals surface area contributed by atoms with Crippen molar-refractivity contribution in [3.63, 3.8) is 0 Å². The predicted molar refractivity (Wildman–Crippen MR) is 91.2 cm³/mol. The molecule has 0 aliphatic carbocycles. The van der Waals surface area contributed by atoms with Crippen molar-refractivity contribution in [1.82, 2.24) is 4.98 Å². The van der Waals surface area contributed by atoms with Gasteiger partial charge in [-0.15, -0.1) is 0 Å². The highest BCUT2D eigenvalue weighted by atomic mass is 19.1. The molecule has 0 spiro atoms. The fourth-order valence-electron chi connectivity index (χ4n) is 2.43. The molecule has 2 N–H and O–H groups in total. The third-order valence-electron chi connectivity index (χ3n) is 3.60. The van der Waals surface area contributed by atoms with Gasteiger partial charge in [0.2, 0.25) is 5.88 Å². The van der Waals surface area contributed by atoms with Gasteiger partial charge in [0.05, 0.1) is 13.2 Å². The Bertz CT molecular complexity index is 667. The summed E-state index contributed by atoms with van der Waals surface area (Å²) in [5, 5.41) is 0. The van der Waals surface area contributed by atoms with Gasteiger partial charge in [-0.05, 0) is 24.3 Å². The number of aromatic nitrogens is 1. The molecule has 2 heterocycles. The standard InChI is InChI=1S/C17H20FN3O3.H2/c18-13-1-3-15(4-2-13)23-9-10-24-17-12-14(11-16(19)20-17)21-5-7-22-8-6-21;/h1-4,11-12H,5-10H2,(H2,19,20);1H. The molecule has 1 saturated heterocycles. The lowest BCUT2D eigenvalue weighted by Gasteiger charge is -2.29. The third kappa shape index (κ3) is 4.48. The Hall–Kier alpha value is -2.54. The molecule has 0 saturated carbocycles. The lowest BCUT2D eigenvalue weighted by molar-refractivity contribution is 0.122. The van der Waals surface area contributed by atoms with E-state index in [4.69, 9.17) is 19.9 Å². The van der Waals surface area contributed by atoms with Crippen LogP contribution in [0.25, 0.3) is 0 Å². The minimum atomic E-state index is -0.293. The maximum atomic E-state index is 12.8. The molecule has 1 aliphatic rings. The van der Waals surface area contributed by atoms with Gasteiger partial charge in [-0.3, -0.25) is 0 Å². The second-order valence-electron chi connectivity index (χ2n) is 5.34. The van der Waals surface area contributed by atoms with Crippen molar-refractivity contribution in [3.8, 4) is 11.6 Å². The number of benzene rings is 1. The lowest BCUT2D eigenvalue weighted by Crippen LogP contribution is -2.36. The van der Waals surface area contributed by atoms with Gasteiger partial charge in [-0.25, -0.2) is 4.39 Å². The number of rotatable bonds is 6. The summed E-state index contributed by atoms with van der Waals surface area (Å²) in [6.45, 7) is 3.67. The zero-order chi connectivity index (χ0) is 16.8. The van der Waals surface area contributed by atoms with E-state index in [0.717, 1.165) is 18.8 Å². The maximum absolute atomic E-state index is 12.8. The number of hydrogen-bond donors (Lipinski definition) is 1. The molecule has 0 unspecified atom stereocenters. The molecule has 0 bridgehead atoms. The van der Waals surface area contributed by atoms with Crippen LogP contribution in [0.3, 0.4) is 0 Å². The maximum Gasteiger partial charge on any atom is 0.217 e. The van der Waals surface area contributed by atoms with Crippen molar-refractivity contribution in [1.29, 1.82) is 0 Å². The van der Waals surface area contributed by atoms with Gasteiger partial charge in [0.1, 0.15) is 30.6 Å². The summed E-state index contributed by atoms with van der Waals surface area (Å²) in [6, 6.07) is 9.54. The van der Waals surface area contributed by atoms with Crippen LogP contribution in [0, 0.1) is 5.82 Å². The first-order valence-corrected chi connectivity index (χ1v) is 7.82. The second kappa shape index (κ2) is 7.83. The largest absolute Gasteiger partial charge is 0.490 e. The topological polar surface area (TPSA) is 69.8 Å². The van der Waals surface area contributed by atoms with E-state index in [0.29, 0.717) is 43.9 Å². The summed E-state index contributed by atoms with van der Waals surface area (Å²) in [6.07, 6.45) is 0. The van der Waals surface area contributed by atoms with Crippen molar-refractivity contribution >= 4 is 11.5 Å². The average molecular weight is 335 g/mol. The first-order valence-electron chi connectivity index (χ1n) is 7.82. The summed E-state index contributed by atoms with van der Waals surface area (Å²) >= 11 is 0. The van der Waals surface area contributed by atoms with Gasteiger partial charge in [0, 0.05) is 32.3 Å². The Labute approximate surface area is 141 Å². The van der Waals surface area contributed by atoms with Gasteiger partial charge < -0.3 is 24.8 Å². The number of pyridine rings is 1. The lowest BCUT2D eigenvalue weighted by atomic mass is 10.3. The molecule has 1 aliphatic heterocycles. The molecule has 24 heavy (non-hydrogen) atoms. The molecule has 0 atom stereocenters. The zero-order valence-corrected chi connectivity index (χ0v) is 13.3. The molecule has 6 nitrogen and oxygen atoms in total. The third-order valence-corrected chi connectivity index (χ3v) is 3.60. The Morgan fingerprint density at radius 1 is 1.12 bits per heavy atom. The highest BCUT2D eigenvalue weighted by Gasteiger charge is 2.13. The molecule has 130 valence electrons. The molecule has 2 aromatic rings. The van der Waals surface area contributed by atoms with Gasteiger partial charge in [-0.2, -0.15) is 4.98 Å². The van der Waals surface area contributed by atoms with Crippen LogP contribution in [0.4, 0.5) is 15.9 Å². The van der Waals surface area contributed by atoms with E-state index in [-0.39, 0.29) is 7.24 Å². The number of nitrogens with zero attached hydrogens (tertiary/aromatic N) is 2. The predicted octanol–water partition coefficient (Wildman–Crippen LogP) is 2.34. The van der Waals surface area contributed by atoms with E-state index < -0.39 is 0 Å². The van der Waals surface area contributed by atoms with Crippen molar-refractivity contribution in [2.75, 3.05) is 50.2 Å². The van der Waals surface area contributed by atoms with Crippen molar-refractivity contribution in [3.05, 3.63) is 42.2 Å². The smallest absolute Gasteiger partial charge is 0.217 e. The fraction of sp³-hybridized carbons (Fsp3) is 0.353. The van der Waals surface area contributed by atoms with Crippen LogP contribution >= 0.6 is 0 Å². The van der Waals surface area contributed by atoms with Crippen LogP contribution in [0.1, 0.15) is 1.43 Å². The minimum absolute atomic E-state index is 0. The number of ether oxygens (including phenoxy) is 3. The summed E-state index contributed by atoms with van der Waals surface area (Å²) < 4.78 is 29.3. The quantitative estimate of drug-likeness (QED) is 0.817. The van der Waals surface area contributed by atoms with Crippen LogP contribution in [-0.2, 0) is 4.74 Å². The fourth-order valence-corrected chi connectivity index (χ4v) is 2.43. The summed E-state index contributed by atoms with van der Waals surface area (Å²) in [5.41, 5.74) is 6.83. The van der Waals surface area contributed by atoms with E-state index in [1.54, 1.807) is 12.1 Å². The van der Waals surface area contributed by atoms with E-state index >= 15 is 0 Å². The van der Waals surface area contributed by atoms with Crippen LogP contribution < -0.4 is 20.1 Å². The van der Waals surface area contributed by atoms with E-state index in [1.165, 1.54) is 12.1 Å². The molecule has 0 radical (unpaired) electrons.